The molecule has 2 aliphatic rings. The number of hydrogen-bond donors (Lipinski definition) is 2. The van der Waals surface area contributed by atoms with E-state index in [0.29, 0.717) is 0 Å². The fraction of sp³-hybridized carbons (Fsp3) is 1.00. The smallest absolute Gasteiger partial charge is 0.0111 e. The van der Waals surface area contributed by atoms with Gasteiger partial charge < -0.3 is 10.6 Å². The predicted octanol–water partition coefficient (Wildman–Crippen LogP) is 2.69. The number of rotatable bonds is 6. The Morgan fingerprint density at radius 3 is 2.81 bits per heavy atom. The third-order valence-corrected chi connectivity index (χ3v) is 4.37. The van der Waals surface area contributed by atoms with Gasteiger partial charge in [0.25, 0.3) is 0 Å². The number of unbranched alkanes of at least 4 members (excludes halogenated alkanes) is 2. The van der Waals surface area contributed by atoms with Crippen LogP contribution >= 0.6 is 0 Å². The Labute approximate surface area is 101 Å². The minimum atomic E-state index is 0.812. The first-order chi connectivity index (χ1) is 7.92. The molecule has 1 saturated heterocycles. The van der Waals surface area contributed by atoms with Gasteiger partial charge in [0.05, 0.1) is 0 Å². The highest BCUT2D eigenvalue weighted by atomic mass is 15.0. The van der Waals surface area contributed by atoms with Crippen LogP contribution in [0.25, 0.3) is 0 Å². The van der Waals surface area contributed by atoms with Crippen LogP contribution in [-0.2, 0) is 0 Å². The van der Waals surface area contributed by atoms with E-state index in [-0.39, 0.29) is 0 Å². The lowest BCUT2D eigenvalue weighted by Crippen LogP contribution is -2.42. The summed E-state index contributed by atoms with van der Waals surface area (Å²) in [5, 5.41) is 7.49. The van der Waals surface area contributed by atoms with E-state index in [4.69, 9.17) is 0 Å². The molecule has 16 heavy (non-hydrogen) atoms. The van der Waals surface area contributed by atoms with Gasteiger partial charge in [0.2, 0.25) is 0 Å². The second kappa shape index (κ2) is 6.61. The lowest BCUT2D eigenvalue weighted by molar-refractivity contribution is 0.319. The molecule has 0 aromatic heterocycles. The summed E-state index contributed by atoms with van der Waals surface area (Å²) in [5.41, 5.74) is 0. The van der Waals surface area contributed by atoms with Crippen LogP contribution < -0.4 is 10.6 Å². The molecule has 2 nitrogen and oxygen atoms in total. The van der Waals surface area contributed by atoms with Crippen LogP contribution in [0.15, 0.2) is 0 Å². The lowest BCUT2D eigenvalue weighted by Gasteiger charge is -2.26. The highest BCUT2D eigenvalue weighted by Gasteiger charge is 2.34. The minimum absolute atomic E-state index is 0.812. The largest absolute Gasteiger partial charge is 0.314 e. The van der Waals surface area contributed by atoms with Gasteiger partial charge in [0.15, 0.2) is 0 Å². The molecule has 2 heteroatoms. The van der Waals surface area contributed by atoms with Crippen LogP contribution in [0.5, 0.6) is 0 Å². The van der Waals surface area contributed by atoms with Crippen LogP contribution in [0, 0.1) is 5.92 Å². The van der Waals surface area contributed by atoms with Gasteiger partial charge >= 0.3 is 0 Å². The fourth-order valence-electron chi connectivity index (χ4n) is 3.46. The molecule has 0 bridgehead atoms. The molecule has 2 fully saturated rings. The maximum Gasteiger partial charge on any atom is 0.0111 e. The molecule has 0 spiro atoms. The van der Waals surface area contributed by atoms with E-state index in [1.165, 1.54) is 64.5 Å². The molecule has 0 radical (unpaired) electrons. The molecule has 3 unspecified atom stereocenters. The Kier molecular flexibility index (Phi) is 5.11. The summed E-state index contributed by atoms with van der Waals surface area (Å²) in [6.07, 6.45) is 11.2. The topological polar surface area (TPSA) is 24.1 Å². The summed E-state index contributed by atoms with van der Waals surface area (Å²) in [6.45, 7) is 4.77. The van der Waals surface area contributed by atoms with Crippen molar-refractivity contribution >= 4 is 0 Å². The Morgan fingerprint density at radius 1 is 1.12 bits per heavy atom. The molecule has 0 amide bonds. The molecular formula is C14H28N2. The van der Waals surface area contributed by atoms with Crippen molar-refractivity contribution < 1.29 is 0 Å². The first kappa shape index (κ1) is 12.4. The summed E-state index contributed by atoms with van der Waals surface area (Å²) in [4.78, 5) is 0. The Bertz CT molecular complexity index is 187. The number of nitrogens with one attached hydrogen (secondary N) is 2. The highest BCUT2D eigenvalue weighted by Crippen LogP contribution is 2.31. The van der Waals surface area contributed by atoms with E-state index >= 15 is 0 Å². The Hall–Kier alpha value is -0.0800. The van der Waals surface area contributed by atoms with Gasteiger partial charge in [0.1, 0.15) is 0 Å². The first-order valence-electron chi connectivity index (χ1n) is 7.38. The first-order valence-corrected chi connectivity index (χ1v) is 7.38. The summed E-state index contributed by atoms with van der Waals surface area (Å²) < 4.78 is 0. The van der Waals surface area contributed by atoms with Gasteiger partial charge in [-0.15, -0.1) is 0 Å². The molecule has 2 N–H and O–H groups in total. The monoisotopic (exact) mass is 224 g/mol. The normalized spacial score (nSPS) is 34.7. The van der Waals surface area contributed by atoms with Gasteiger partial charge in [0, 0.05) is 12.1 Å². The summed E-state index contributed by atoms with van der Waals surface area (Å²) >= 11 is 0. The van der Waals surface area contributed by atoms with Crippen molar-refractivity contribution in [1.82, 2.24) is 10.6 Å². The Balaban J connectivity index is 1.70. The van der Waals surface area contributed by atoms with Crippen LogP contribution in [0.3, 0.4) is 0 Å². The fourth-order valence-corrected chi connectivity index (χ4v) is 3.46. The average molecular weight is 224 g/mol. The SMILES string of the molecule is CCCCCNC1CCCC1C1CCCN1. The molecule has 0 aromatic rings. The van der Waals surface area contributed by atoms with E-state index in [1.54, 1.807) is 0 Å². The van der Waals surface area contributed by atoms with Crippen LogP contribution in [0.4, 0.5) is 0 Å². The zero-order chi connectivity index (χ0) is 11.2. The van der Waals surface area contributed by atoms with E-state index in [9.17, 15) is 0 Å². The minimum Gasteiger partial charge on any atom is -0.314 e. The van der Waals surface area contributed by atoms with Crippen molar-refractivity contribution in [2.75, 3.05) is 13.1 Å². The van der Waals surface area contributed by atoms with Crippen LogP contribution in [0.2, 0.25) is 0 Å². The predicted molar refractivity (Wildman–Crippen MR) is 69.7 cm³/mol. The summed E-state index contributed by atoms with van der Waals surface area (Å²) in [5.74, 6) is 0.920. The van der Waals surface area contributed by atoms with Crippen molar-refractivity contribution in [2.24, 2.45) is 5.92 Å². The summed E-state index contributed by atoms with van der Waals surface area (Å²) in [6, 6.07) is 1.64. The van der Waals surface area contributed by atoms with E-state index in [1.807, 2.05) is 0 Å². The molecule has 1 aliphatic carbocycles. The lowest BCUT2D eigenvalue weighted by atomic mass is 9.93. The molecule has 1 saturated carbocycles. The van der Waals surface area contributed by atoms with Crippen molar-refractivity contribution in [3.63, 3.8) is 0 Å². The molecule has 2 rings (SSSR count). The second-order valence-corrected chi connectivity index (χ2v) is 5.57. The van der Waals surface area contributed by atoms with Gasteiger partial charge in [-0.2, -0.15) is 0 Å². The van der Waals surface area contributed by atoms with Crippen LogP contribution in [0.1, 0.15) is 58.3 Å². The van der Waals surface area contributed by atoms with E-state index in [2.05, 4.69) is 17.6 Å². The quantitative estimate of drug-likeness (QED) is 0.678. The van der Waals surface area contributed by atoms with Gasteiger partial charge in [-0.1, -0.05) is 26.2 Å². The molecule has 1 aliphatic heterocycles. The second-order valence-electron chi connectivity index (χ2n) is 5.57. The molecule has 3 atom stereocenters. The van der Waals surface area contributed by atoms with Crippen molar-refractivity contribution in [3.05, 3.63) is 0 Å². The maximum atomic E-state index is 3.80. The molecule has 0 aromatic carbocycles. The van der Waals surface area contributed by atoms with Crippen LogP contribution in [-0.4, -0.2) is 25.2 Å². The molecule has 94 valence electrons. The maximum absolute atomic E-state index is 3.80. The summed E-state index contributed by atoms with van der Waals surface area (Å²) in [7, 11) is 0. The van der Waals surface area contributed by atoms with Gasteiger partial charge in [-0.05, 0) is 51.1 Å². The van der Waals surface area contributed by atoms with Crippen molar-refractivity contribution in [2.45, 2.75) is 70.4 Å². The number of hydrogen-bond acceptors (Lipinski definition) is 2. The standard InChI is InChI=1S/C14H28N2/c1-2-3-4-10-15-13-8-5-7-12(13)14-9-6-11-16-14/h12-16H,2-11H2,1H3. The third kappa shape index (κ3) is 3.21. The zero-order valence-corrected chi connectivity index (χ0v) is 10.8. The molecular weight excluding hydrogens is 196 g/mol. The van der Waals surface area contributed by atoms with Gasteiger partial charge in [-0.25, -0.2) is 0 Å². The van der Waals surface area contributed by atoms with E-state index in [0.717, 1.165) is 18.0 Å². The zero-order valence-electron chi connectivity index (χ0n) is 10.8. The van der Waals surface area contributed by atoms with Crippen molar-refractivity contribution in [3.8, 4) is 0 Å². The Morgan fingerprint density at radius 2 is 2.06 bits per heavy atom. The van der Waals surface area contributed by atoms with Crippen molar-refractivity contribution in [1.29, 1.82) is 0 Å². The van der Waals surface area contributed by atoms with Gasteiger partial charge in [-0.3, -0.25) is 0 Å². The van der Waals surface area contributed by atoms with E-state index < -0.39 is 0 Å². The third-order valence-electron chi connectivity index (χ3n) is 4.37. The average Bonchev–Trinajstić information content (AvgIpc) is 2.94. The molecule has 1 heterocycles. The highest BCUT2D eigenvalue weighted by molar-refractivity contribution is 4.93.